The Balaban J connectivity index is 1.68. The van der Waals surface area contributed by atoms with Crippen LogP contribution >= 0.6 is 11.8 Å². The van der Waals surface area contributed by atoms with Crippen molar-refractivity contribution in [3.8, 4) is 11.5 Å². The number of fused-ring (bicyclic) bond motifs is 1. The molecule has 0 spiro atoms. The molecule has 0 fully saturated rings. The molecule has 4 N–H and O–H groups in total. The highest BCUT2D eigenvalue weighted by Crippen LogP contribution is 2.32. The van der Waals surface area contributed by atoms with Crippen LogP contribution in [-0.2, 0) is 6.42 Å². The predicted octanol–water partition coefficient (Wildman–Crippen LogP) is 2.19. The largest absolute Gasteiger partial charge is 0.493 e. The molecule has 1 aromatic carbocycles. The predicted molar refractivity (Wildman–Crippen MR) is 95.1 cm³/mol. The summed E-state index contributed by atoms with van der Waals surface area (Å²) in [5, 5.41) is 0.523. The Morgan fingerprint density at radius 1 is 1.17 bits per heavy atom. The van der Waals surface area contributed by atoms with E-state index >= 15 is 0 Å². The molecule has 3 rings (SSSR count). The Morgan fingerprint density at radius 3 is 2.71 bits per heavy atom. The smallest absolute Gasteiger partial charge is 0.261 e. The number of aromatic nitrogens is 3. The number of aryl methyl sites for hydroxylation is 1. The molecule has 0 aliphatic carbocycles. The monoisotopic (exact) mass is 346 g/mol. The lowest BCUT2D eigenvalue weighted by atomic mass is 10.3. The van der Waals surface area contributed by atoms with Crippen molar-refractivity contribution in [1.82, 2.24) is 15.0 Å². The van der Waals surface area contributed by atoms with Gasteiger partial charge in [0.05, 0.1) is 19.6 Å². The van der Waals surface area contributed by atoms with Gasteiger partial charge in [0.1, 0.15) is 5.65 Å². The first-order valence-corrected chi connectivity index (χ1v) is 8.31. The highest BCUT2D eigenvalue weighted by atomic mass is 32.2. The van der Waals surface area contributed by atoms with Gasteiger partial charge in [0.25, 0.3) is 5.56 Å². The van der Waals surface area contributed by atoms with Crippen molar-refractivity contribution in [2.24, 2.45) is 0 Å². The van der Waals surface area contributed by atoms with E-state index in [0.717, 1.165) is 22.8 Å². The molecule has 0 aliphatic heterocycles. The van der Waals surface area contributed by atoms with Gasteiger partial charge < -0.3 is 20.2 Å². The van der Waals surface area contributed by atoms with Gasteiger partial charge in [-0.2, -0.15) is 4.98 Å². The third kappa shape index (κ3) is 3.33. The van der Waals surface area contributed by atoms with Crippen LogP contribution in [0.15, 0.2) is 34.0 Å². The fourth-order valence-electron chi connectivity index (χ4n) is 2.41. The van der Waals surface area contributed by atoms with Crippen LogP contribution in [-0.4, -0.2) is 34.9 Å². The number of rotatable bonds is 6. The van der Waals surface area contributed by atoms with E-state index in [0.29, 0.717) is 22.5 Å². The van der Waals surface area contributed by atoms with Gasteiger partial charge in [-0.05, 0) is 30.7 Å². The lowest BCUT2D eigenvalue weighted by Gasteiger charge is -2.09. The molecule has 0 saturated carbocycles. The Bertz CT molecular complexity index is 919. The van der Waals surface area contributed by atoms with E-state index in [1.165, 1.54) is 0 Å². The van der Waals surface area contributed by atoms with Crippen LogP contribution < -0.4 is 20.8 Å². The number of ether oxygens (including phenoxy) is 2. The topological polar surface area (TPSA) is 106 Å². The van der Waals surface area contributed by atoms with Crippen molar-refractivity contribution in [3.05, 3.63) is 40.3 Å². The molecular weight excluding hydrogens is 328 g/mol. The normalized spacial score (nSPS) is 10.9. The number of benzene rings is 1. The molecule has 126 valence electrons. The maximum absolute atomic E-state index is 11.8. The van der Waals surface area contributed by atoms with Crippen LogP contribution in [0.2, 0.25) is 0 Å². The van der Waals surface area contributed by atoms with Crippen LogP contribution in [0.4, 0.5) is 5.95 Å². The van der Waals surface area contributed by atoms with Gasteiger partial charge in [-0.15, -0.1) is 11.8 Å². The van der Waals surface area contributed by atoms with Gasteiger partial charge in [-0.25, -0.2) is 0 Å². The molecule has 2 heterocycles. The third-order valence-corrected chi connectivity index (χ3v) is 4.56. The molecule has 0 atom stereocenters. The molecule has 0 bridgehead atoms. The number of H-pyrrole nitrogens is 2. The van der Waals surface area contributed by atoms with Crippen LogP contribution in [0.5, 0.6) is 11.5 Å². The van der Waals surface area contributed by atoms with Gasteiger partial charge in [0.15, 0.2) is 11.5 Å². The Hall–Kier alpha value is -2.61. The maximum atomic E-state index is 11.8. The van der Waals surface area contributed by atoms with Crippen molar-refractivity contribution in [2.45, 2.75) is 11.3 Å². The first-order chi connectivity index (χ1) is 11.6. The zero-order chi connectivity index (χ0) is 17.1. The molecule has 0 radical (unpaired) electrons. The standard InChI is InChI=1S/C16H18N4O3S/c1-22-12-4-3-10(8-13(12)23-2)24-6-5-9-7-11-14(18-9)19-16(17)20-15(11)21/h3-4,7-8H,5-6H2,1-2H3,(H4,17,18,19,20,21). The quantitative estimate of drug-likeness (QED) is 0.591. The summed E-state index contributed by atoms with van der Waals surface area (Å²) in [6.45, 7) is 0. The fourth-order valence-corrected chi connectivity index (χ4v) is 3.32. The van der Waals surface area contributed by atoms with Gasteiger partial charge >= 0.3 is 0 Å². The molecule has 0 amide bonds. The van der Waals surface area contributed by atoms with Crippen LogP contribution in [0.3, 0.4) is 0 Å². The molecule has 2 aromatic heterocycles. The van der Waals surface area contributed by atoms with Crippen molar-refractivity contribution in [1.29, 1.82) is 0 Å². The van der Waals surface area contributed by atoms with Crippen molar-refractivity contribution >= 4 is 28.7 Å². The first-order valence-electron chi connectivity index (χ1n) is 7.33. The Kier molecular flexibility index (Phi) is 4.66. The van der Waals surface area contributed by atoms with E-state index in [1.54, 1.807) is 26.0 Å². The molecule has 0 aliphatic rings. The number of anilines is 1. The third-order valence-electron chi connectivity index (χ3n) is 3.57. The lowest BCUT2D eigenvalue weighted by molar-refractivity contribution is 0.354. The second kappa shape index (κ2) is 6.88. The maximum Gasteiger partial charge on any atom is 0.261 e. The van der Waals surface area contributed by atoms with Gasteiger partial charge in [0.2, 0.25) is 5.95 Å². The Morgan fingerprint density at radius 2 is 1.96 bits per heavy atom. The molecule has 24 heavy (non-hydrogen) atoms. The van der Waals surface area contributed by atoms with E-state index in [2.05, 4.69) is 15.0 Å². The molecule has 3 aromatic rings. The highest BCUT2D eigenvalue weighted by molar-refractivity contribution is 7.99. The summed E-state index contributed by atoms with van der Waals surface area (Å²) in [6, 6.07) is 7.64. The minimum atomic E-state index is -0.229. The number of nitrogens with zero attached hydrogens (tertiary/aromatic N) is 1. The van der Waals surface area contributed by atoms with Crippen molar-refractivity contribution < 1.29 is 9.47 Å². The summed E-state index contributed by atoms with van der Waals surface area (Å²) in [6.07, 6.45) is 0.773. The van der Waals surface area contributed by atoms with Crippen molar-refractivity contribution in [2.75, 3.05) is 25.7 Å². The summed E-state index contributed by atoms with van der Waals surface area (Å²) < 4.78 is 10.5. The first kappa shape index (κ1) is 16.3. The number of nitrogens with one attached hydrogen (secondary N) is 2. The number of thioether (sulfide) groups is 1. The average molecular weight is 346 g/mol. The van der Waals surface area contributed by atoms with Gasteiger partial charge in [-0.1, -0.05) is 0 Å². The number of aromatic amines is 2. The second-order valence-electron chi connectivity index (χ2n) is 5.12. The summed E-state index contributed by atoms with van der Waals surface area (Å²) in [7, 11) is 3.23. The number of hydrogen-bond donors (Lipinski definition) is 3. The van der Waals surface area contributed by atoms with Crippen LogP contribution in [0.1, 0.15) is 5.69 Å². The SMILES string of the molecule is COc1ccc(SCCc2cc3c(=O)[nH]c(N)nc3[nH]2)cc1OC. The van der Waals surface area contributed by atoms with E-state index in [9.17, 15) is 4.79 Å². The minimum absolute atomic E-state index is 0.112. The number of hydrogen-bond acceptors (Lipinski definition) is 6. The minimum Gasteiger partial charge on any atom is -0.493 e. The zero-order valence-electron chi connectivity index (χ0n) is 13.4. The van der Waals surface area contributed by atoms with Crippen LogP contribution in [0, 0.1) is 0 Å². The van der Waals surface area contributed by atoms with E-state index < -0.39 is 0 Å². The van der Waals surface area contributed by atoms with Gasteiger partial charge in [-0.3, -0.25) is 9.78 Å². The van der Waals surface area contributed by atoms with E-state index in [-0.39, 0.29) is 11.5 Å². The molecule has 8 heteroatoms. The van der Waals surface area contributed by atoms with Crippen LogP contribution in [0.25, 0.3) is 11.0 Å². The number of methoxy groups -OCH3 is 2. The number of nitrogen functional groups attached to an aromatic ring is 1. The second-order valence-corrected chi connectivity index (χ2v) is 6.29. The van der Waals surface area contributed by atoms with E-state index in [1.807, 2.05) is 24.3 Å². The summed E-state index contributed by atoms with van der Waals surface area (Å²) in [5.74, 6) is 2.37. The number of nitrogens with two attached hydrogens (primary N) is 1. The molecular formula is C16H18N4O3S. The summed E-state index contributed by atoms with van der Waals surface area (Å²) >= 11 is 1.69. The molecule has 0 saturated heterocycles. The van der Waals surface area contributed by atoms with Crippen molar-refractivity contribution in [3.63, 3.8) is 0 Å². The molecule has 0 unspecified atom stereocenters. The van der Waals surface area contributed by atoms with Gasteiger partial charge in [0, 0.05) is 16.3 Å². The Labute approximate surface area is 142 Å². The fraction of sp³-hybridized carbons (Fsp3) is 0.250. The lowest BCUT2D eigenvalue weighted by Crippen LogP contribution is -2.09. The summed E-state index contributed by atoms with van der Waals surface area (Å²) in [4.78, 5) is 22.6. The molecule has 7 nitrogen and oxygen atoms in total. The summed E-state index contributed by atoms with van der Waals surface area (Å²) in [5.41, 5.74) is 6.78. The van der Waals surface area contributed by atoms with E-state index in [4.69, 9.17) is 15.2 Å². The highest BCUT2D eigenvalue weighted by Gasteiger charge is 2.08. The average Bonchev–Trinajstić information content (AvgIpc) is 2.97. The zero-order valence-corrected chi connectivity index (χ0v) is 14.2.